The van der Waals surface area contributed by atoms with Gasteiger partial charge in [0.05, 0.1) is 7.11 Å². The SMILES string of the molecule is C[N-]C(=O)OC.[Mo]. The second-order valence-corrected chi connectivity index (χ2v) is 0.694. The average molecular weight is 184 g/mol. The predicted molar refractivity (Wildman–Crippen MR) is 21.7 cm³/mol. The maximum atomic E-state index is 9.79. The largest absolute Gasteiger partial charge is 0.620 e. The second kappa shape index (κ2) is 5.96. The standard InChI is InChI=1S/C3H7NO2.Mo/c1-4-3(5)6-2;/h1-2H3,(H,4,5);/p-1. The van der Waals surface area contributed by atoms with Crippen molar-refractivity contribution in [1.82, 2.24) is 0 Å². The smallest absolute Gasteiger partial charge is 0.228 e. The summed E-state index contributed by atoms with van der Waals surface area (Å²) in [5, 5.41) is 3.15. The molecule has 0 saturated heterocycles. The third-order valence-electron chi connectivity index (χ3n) is 0.357. The molecular weight excluding hydrogens is 178 g/mol. The maximum absolute atomic E-state index is 9.79. The van der Waals surface area contributed by atoms with Crippen LogP contribution in [0.3, 0.4) is 0 Å². The van der Waals surface area contributed by atoms with Crippen molar-refractivity contribution in [2.45, 2.75) is 0 Å². The molecule has 3 nitrogen and oxygen atoms in total. The van der Waals surface area contributed by atoms with Crippen LogP contribution in [0.15, 0.2) is 0 Å². The Balaban J connectivity index is 0. The van der Waals surface area contributed by atoms with Crippen molar-refractivity contribution in [3.05, 3.63) is 5.32 Å². The number of amides is 1. The van der Waals surface area contributed by atoms with Crippen LogP contribution in [0.2, 0.25) is 0 Å². The topological polar surface area (TPSA) is 40.4 Å². The van der Waals surface area contributed by atoms with Crippen LogP contribution in [0.4, 0.5) is 4.79 Å². The van der Waals surface area contributed by atoms with E-state index in [0.29, 0.717) is 0 Å². The van der Waals surface area contributed by atoms with Gasteiger partial charge in [-0.15, -0.1) is 7.05 Å². The number of hydrogen-bond acceptors (Lipinski definition) is 2. The fraction of sp³-hybridized carbons (Fsp3) is 0.667. The van der Waals surface area contributed by atoms with Gasteiger partial charge >= 0.3 is 0 Å². The summed E-state index contributed by atoms with van der Waals surface area (Å²) < 4.78 is 4.09. The Morgan fingerprint density at radius 1 is 1.71 bits per heavy atom. The van der Waals surface area contributed by atoms with E-state index in [0.717, 1.165) is 0 Å². The van der Waals surface area contributed by atoms with Gasteiger partial charge in [0, 0.05) is 21.1 Å². The molecule has 7 heavy (non-hydrogen) atoms. The summed E-state index contributed by atoms with van der Waals surface area (Å²) >= 11 is 0. The zero-order valence-corrected chi connectivity index (χ0v) is 6.18. The molecule has 0 aliphatic carbocycles. The number of ether oxygens (including phenoxy) is 1. The van der Waals surface area contributed by atoms with Gasteiger partial charge in [-0.1, -0.05) is 0 Å². The summed E-state index contributed by atoms with van der Waals surface area (Å²) in [7, 11) is 2.67. The zero-order chi connectivity index (χ0) is 4.99. The van der Waals surface area contributed by atoms with E-state index in [1.165, 1.54) is 14.2 Å². The molecule has 0 spiro atoms. The van der Waals surface area contributed by atoms with Crippen LogP contribution in [-0.2, 0) is 25.8 Å². The van der Waals surface area contributed by atoms with E-state index < -0.39 is 6.09 Å². The molecule has 0 aromatic rings. The van der Waals surface area contributed by atoms with Gasteiger partial charge in [-0.05, 0) is 0 Å². The summed E-state index contributed by atoms with van der Waals surface area (Å²) in [6.07, 6.45) is -0.532. The van der Waals surface area contributed by atoms with Crippen LogP contribution in [-0.4, -0.2) is 20.3 Å². The van der Waals surface area contributed by atoms with Crippen molar-refractivity contribution in [2.75, 3.05) is 14.2 Å². The van der Waals surface area contributed by atoms with E-state index in [1.54, 1.807) is 0 Å². The van der Waals surface area contributed by atoms with Gasteiger partial charge in [-0.25, -0.2) is 0 Å². The van der Waals surface area contributed by atoms with E-state index in [1.807, 2.05) is 0 Å². The number of methoxy groups -OCH3 is 1. The van der Waals surface area contributed by atoms with Crippen molar-refractivity contribution in [1.29, 1.82) is 0 Å². The molecule has 0 aromatic carbocycles. The van der Waals surface area contributed by atoms with Crippen molar-refractivity contribution in [3.63, 3.8) is 0 Å². The first-order chi connectivity index (χ1) is 2.81. The molecule has 42 valence electrons. The Morgan fingerprint density at radius 2 is 2.14 bits per heavy atom. The first kappa shape index (κ1) is 10.0. The normalized spacial score (nSPS) is 6.00. The quantitative estimate of drug-likeness (QED) is 0.521. The van der Waals surface area contributed by atoms with Gasteiger partial charge in [0.2, 0.25) is 6.09 Å². The average Bonchev–Trinajstić information content (AvgIpc) is 1.65. The van der Waals surface area contributed by atoms with Gasteiger partial charge < -0.3 is 10.1 Å². The molecule has 0 aliphatic rings. The molecule has 0 aliphatic heterocycles. The summed E-state index contributed by atoms with van der Waals surface area (Å²) in [5.41, 5.74) is 0. The van der Waals surface area contributed by atoms with E-state index >= 15 is 0 Å². The van der Waals surface area contributed by atoms with Crippen molar-refractivity contribution in [2.24, 2.45) is 0 Å². The Bertz CT molecular complexity index is 50.9. The molecule has 1 amide bonds. The minimum Gasteiger partial charge on any atom is -0.620 e. The van der Waals surface area contributed by atoms with Crippen LogP contribution >= 0.6 is 0 Å². The van der Waals surface area contributed by atoms with Gasteiger partial charge in [0.15, 0.2) is 0 Å². The minimum atomic E-state index is -0.532. The summed E-state index contributed by atoms with van der Waals surface area (Å²) in [6, 6.07) is 0. The van der Waals surface area contributed by atoms with E-state index in [2.05, 4.69) is 10.1 Å². The number of nitrogens with zero attached hydrogens (tertiary/aromatic N) is 1. The molecule has 0 fully saturated rings. The summed E-state index contributed by atoms with van der Waals surface area (Å²) in [4.78, 5) is 9.79. The molecule has 0 unspecified atom stereocenters. The third-order valence-corrected chi connectivity index (χ3v) is 0.357. The number of carbonyl (C=O) groups is 1. The van der Waals surface area contributed by atoms with Crippen molar-refractivity contribution in [3.8, 4) is 0 Å². The molecule has 0 atom stereocenters. The molecule has 4 heteroatoms. The maximum Gasteiger partial charge on any atom is 0.228 e. The summed E-state index contributed by atoms with van der Waals surface area (Å²) in [5.74, 6) is 0. The number of rotatable bonds is 0. The van der Waals surface area contributed by atoms with Crippen LogP contribution in [0.25, 0.3) is 5.32 Å². The Labute approximate surface area is 56.7 Å². The molecule has 0 rings (SSSR count). The zero-order valence-electron chi connectivity index (χ0n) is 4.17. The fourth-order valence-corrected chi connectivity index (χ4v) is 0.0913. The van der Waals surface area contributed by atoms with Crippen LogP contribution < -0.4 is 0 Å². The molecule has 0 aromatic heterocycles. The van der Waals surface area contributed by atoms with E-state index in [9.17, 15) is 4.79 Å². The van der Waals surface area contributed by atoms with Gasteiger partial charge in [0.1, 0.15) is 0 Å². The molecule has 0 heterocycles. The first-order valence-electron chi connectivity index (χ1n) is 1.49. The third kappa shape index (κ3) is 5.96. The molecule has 0 radical (unpaired) electrons. The van der Waals surface area contributed by atoms with Crippen LogP contribution in [0, 0.1) is 0 Å². The number of carbonyl (C=O) groups excluding carboxylic acids is 1. The van der Waals surface area contributed by atoms with Crippen LogP contribution in [0.5, 0.6) is 0 Å². The van der Waals surface area contributed by atoms with Gasteiger partial charge in [0.25, 0.3) is 0 Å². The Hall–Kier alpha value is -0.0417. The van der Waals surface area contributed by atoms with Crippen molar-refractivity contribution >= 4 is 6.09 Å². The van der Waals surface area contributed by atoms with Gasteiger partial charge in [-0.2, -0.15) is 0 Å². The fourth-order valence-electron chi connectivity index (χ4n) is 0.0913. The van der Waals surface area contributed by atoms with Crippen LogP contribution in [0.1, 0.15) is 0 Å². The predicted octanol–water partition coefficient (Wildman–Crippen LogP) is 0.754. The molecule has 0 N–H and O–H groups in total. The second-order valence-electron chi connectivity index (χ2n) is 0.694. The Morgan fingerprint density at radius 3 is 2.14 bits per heavy atom. The molecule has 0 bridgehead atoms. The Kier molecular flexibility index (Phi) is 8.55. The number of hydrogen-bond donors (Lipinski definition) is 0. The van der Waals surface area contributed by atoms with Gasteiger partial charge in [-0.3, -0.25) is 4.79 Å². The molecule has 0 saturated carbocycles. The molecular formula is C3H6MoNO2-. The minimum absolute atomic E-state index is 0. The van der Waals surface area contributed by atoms with E-state index in [4.69, 9.17) is 0 Å². The monoisotopic (exact) mass is 186 g/mol. The van der Waals surface area contributed by atoms with E-state index in [-0.39, 0.29) is 21.1 Å². The van der Waals surface area contributed by atoms with Crippen molar-refractivity contribution < 1.29 is 30.6 Å². The summed E-state index contributed by atoms with van der Waals surface area (Å²) in [6.45, 7) is 0. The first-order valence-corrected chi connectivity index (χ1v) is 1.49.